The molecule has 3 N–H and O–H groups in total. The van der Waals surface area contributed by atoms with Crippen LogP contribution in [0.15, 0.2) is 48.6 Å². The zero-order chi connectivity index (χ0) is 35.0. The second-order valence-corrected chi connectivity index (χ2v) is 13.8. The van der Waals surface area contributed by atoms with Crippen molar-refractivity contribution >= 4 is 19.8 Å². The molecule has 0 aromatic heterocycles. The average Bonchev–Trinajstić information content (AvgIpc) is 3.01. The van der Waals surface area contributed by atoms with E-state index in [1.807, 2.05) is 36.5 Å². The first-order valence-corrected chi connectivity index (χ1v) is 19.4. The van der Waals surface area contributed by atoms with Gasteiger partial charge in [0.05, 0.1) is 12.7 Å². The Kier molecular flexibility index (Phi) is 29.9. The zero-order valence-corrected chi connectivity index (χ0v) is 30.3. The van der Waals surface area contributed by atoms with Crippen LogP contribution in [0.5, 0.6) is 0 Å². The standard InChI is InChI=1S/C37H65O9P/c1-4-5-21-27-34(38)28-23-18-14-9-7-6-8-10-15-19-24-29-36(39)44-31-35(32-45-47(41,42)43)46-37(40)30-25-20-16-12-11-13-17-22-26-33(2)3/h6-7,10,14-15,18,23,28,33-35,38H,4-5,8-9,11-13,16-17,19-22,24-27,29-32H2,1-3H3,(H2,41,42,43)/b7-6-,15-10-,18-14-,28-23+/t34-,35-/m1/s1. The second kappa shape index (κ2) is 31.3. The summed E-state index contributed by atoms with van der Waals surface area (Å²) in [4.78, 5) is 42.6. The SMILES string of the molecule is CCCCC[C@@H](O)/C=C/C=C\C/C=C\C/C=C\CCCC(=O)OC[C@H](COP(=O)(O)O)OC(=O)CCCCCCCCCCC(C)C. The van der Waals surface area contributed by atoms with Gasteiger partial charge in [-0.1, -0.05) is 140 Å². The molecule has 0 aliphatic rings. The van der Waals surface area contributed by atoms with E-state index >= 15 is 0 Å². The number of carbonyl (C=O) groups is 2. The average molecular weight is 685 g/mol. The highest BCUT2D eigenvalue weighted by atomic mass is 31.2. The van der Waals surface area contributed by atoms with Crippen LogP contribution in [0.25, 0.3) is 0 Å². The normalized spacial score (nSPS) is 13.9. The van der Waals surface area contributed by atoms with Crippen molar-refractivity contribution in [2.75, 3.05) is 13.2 Å². The maximum absolute atomic E-state index is 12.3. The lowest BCUT2D eigenvalue weighted by Crippen LogP contribution is -2.29. The molecule has 0 fully saturated rings. The predicted octanol–water partition coefficient (Wildman–Crippen LogP) is 9.22. The molecular formula is C37H65O9P. The summed E-state index contributed by atoms with van der Waals surface area (Å²) in [5.74, 6) is -0.222. The molecule has 0 unspecified atom stereocenters. The molecule has 0 aliphatic heterocycles. The van der Waals surface area contributed by atoms with E-state index < -0.39 is 32.5 Å². The highest BCUT2D eigenvalue weighted by Crippen LogP contribution is 2.36. The Hall–Kier alpha value is -2.03. The van der Waals surface area contributed by atoms with Gasteiger partial charge in [-0.3, -0.25) is 14.1 Å². The minimum atomic E-state index is -4.77. The van der Waals surface area contributed by atoms with Crippen LogP contribution in [-0.4, -0.2) is 52.3 Å². The Bertz CT molecular complexity index is 936. The lowest BCUT2D eigenvalue weighted by atomic mass is 10.0. The Morgan fingerprint density at radius 1 is 0.702 bits per heavy atom. The molecule has 0 saturated carbocycles. The smallest absolute Gasteiger partial charge is 0.462 e. The van der Waals surface area contributed by atoms with Gasteiger partial charge in [0.1, 0.15) is 6.61 Å². The van der Waals surface area contributed by atoms with Crippen molar-refractivity contribution < 1.29 is 43.0 Å². The molecule has 0 spiro atoms. The summed E-state index contributed by atoms with van der Waals surface area (Å²) in [6.07, 6.45) is 31.8. The monoisotopic (exact) mass is 684 g/mol. The molecule has 0 aromatic rings. The van der Waals surface area contributed by atoms with Gasteiger partial charge in [-0.05, 0) is 44.4 Å². The van der Waals surface area contributed by atoms with Crippen LogP contribution in [0.2, 0.25) is 0 Å². The van der Waals surface area contributed by atoms with Gasteiger partial charge in [0.25, 0.3) is 0 Å². The minimum absolute atomic E-state index is 0.170. The topological polar surface area (TPSA) is 140 Å². The maximum atomic E-state index is 12.3. The van der Waals surface area contributed by atoms with Gasteiger partial charge >= 0.3 is 19.8 Å². The van der Waals surface area contributed by atoms with Crippen LogP contribution >= 0.6 is 7.82 Å². The van der Waals surface area contributed by atoms with Crippen molar-refractivity contribution in [3.63, 3.8) is 0 Å². The number of rotatable bonds is 31. The van der Waals surface area contributed by atoms with Gasteiger partial charge in [-0.2, -0.15) is 0 Å². The van der Waals surface area contributed by atoms with E-state index in [1.54, 1.807) is 0 Å². The second-order valence-electron chi connectivity index (χ2n) is 12.5. The van der Waals surface area contributed by atoms with Crippen molar-refractivity contribution in [3.8, 4) is 0 Å². The van der Waals surface area contributed by atoms with Crippen molar-refractivity contribution in [1.29, 1.82) is 0 Å². The predicted molar refractivity (Wildman–Crippen MR) is 190 cm³/mol. The Morgan fingerprint density at radius 2 is 1.30 bits per heavy atom. The van der Waals surface area contributed by atoms with Crippen LogP contribution in [-0.2, 0) is 28.2 Å². The van der Waals surface area contributed by atoms with E-state index in [-0.39, 0.29) is 25.6 Å². The van der Waals surface area contributed by atoms with Crippen LogP contribution < -0.4 is 0 Å². The molecular weight excluding hydrogens is 619 g/mol. The summed E-state index contributed by atoms with van der Waals surface area (Å²) < 4.78 is 26.2. The van der Waals surface area contributed by atoms with Gasteiger partial charge in [0, 0.05) is 12.8 Å². The minimum Gasteiger partial charge on any atom is -0.462 e. The number of aliphatic hydroxyl groups excluding tert-OH is 1. The number of aliphatic hydroxyl groups is 1. The van der Waals surface area contributed by atoms with E-state index in [4.69, 9.17) is 19.3 Å². The number of allylic oxidation sites excluding steroid dienone is 7. The fourth-order valence-corrected chi connectivity index (χ4v) is 5.02. The summed E-state index contributed by atoms with van der Waals surface area (Å²) in [5.41, 5.74) is 0. The first-order chi connectivity index (χ1) is 22.5. The molecule has 0 radical (unpaired) electrons. The van der Waals surface area contributed by atoms with Crippen LogP contribution in [0.4, 0.5) is 0 Å². The van der Waals surface area contributed by atoms with Gasteiger partial charge in [0.2, 0.25) is 0 Å². The van der Waals surface area contributed by atoms with E-state index in [9.17, 15) is 19.3 Å². The van der Waals surface area contributed by atoms with Crippen molar-refractivity contribution in [2.24, 2.45) is 5.92 Å². The Balaban J connectivity index is 4.15. The van der Waals surface area contributed by atoms with E-state index in [1.165, 1.54) is 32.1 Å². The maximum Gasteiger partial charge on any atom is 0.469 e. The molecule has 0 saturated heterocycles. The Morgan fingerprint density at radius 3 is 1.96 bits per heavy atom. The number of carbonyl (C=O) groups excluding carboxylic acids is 2. The molecule has 0 aromatic carbocycles. The highest BCUT2D eigenvalue weighted by molar-refractivity contribution is 7.46. The number of unbranched alkanes of at least 4 members (excludes halogenated alkanes) is 10. The molecule has 47 heavy (non-hydrogen) atoms. The third-order valence-corrected chi connectivity index (χ3v) is 7.87. The van der Waals surface area contributed by atoms with Gasteiger partial charge in [-0.15, -0.1) is 0 Å². The van der Waals surface area contributed by atoms with Gasteiger partial charge in [0.15, 0.2) is 6.10 Å². The third-order valence-electron chi connectivity index (χ3n) is 7.38. The molecule has 10 heteroatoms. The highest BCUT2D eigenvalue weighted by Gasteiger charge is 2.22. The lowest BCUT2D eigenvalue weighted by molar-refractivity contribution is -0.161. The van der Waals surface area contributed by atoms with E-state index in [0.717, 1.165) is 63.7 Å². The summed E-state index contributed by atoms with van der Waals surface area (Å²) in [6.45, 7) is 5.75. The number of hydrogen-bond acceptors (Lipinski definition) is 7. The lowest BCUT2D eigenvalue weighted by Gasteiger charge is -2.18. The van der Waals surface area contributed by atoms with Gasteiger partial charge < -0.3 is 24.4 Å². The number of hydrogen-bond donors (Lipinski definition) is 3. The zero-order valence-electron chi connectivity index (χ0n) is 29.4. The number of esters is 2. The first kappa shape index (κ1) is 45.0. The molecule has 0 amide bonds. The van der Waals surface area contributed by atoms with E-state index in [2.05, 4.69) is 37.4 Å². The third kappa shape index (κ3) is 35.1. The number of ether oxygens (including phenoxy) is 2. The van der Waals surface area contributed by atoms with Crippen molar-refractivity contribution in [3.05, 3.63) is 48.6 Å². The molecule has 0 rings (SSSR count). The van der Waals surface area contributed by atoms with E-state index in [0.29, 0.717) is 19.3 Å². The summed E-state index contributed by atoms with van der Waals surface area (Å²) in [6, 6.07) is 0. The fourth-order valence-electron chi connectivity index (χ4n) is 4.66. The number of phosphoric ester groups is 1. The van der Waals surface area contributed by atoms with Crippen molar-refractivity contribution in [2.45, 2.75) is 155 Å². The number of phosphoric acid groups is 1. The van der Waals surface area contributed by atoms with Crippen LogP contribution in [0, 0.1) is 5.92 Å². The summed E-state index contributed by atoms with van der Waals surface area (Å²) in [7, 11) is -4.77. The fraction of sp³-hybridized carbons (Fsp3) is 0.730. The van der Waals surface area contributed by atoms with Crippen molar-refractivity contribution in [1.82, 2.24) is 0 Å². The Labute approximate surface area is 285 Å². The summed E-state index contributed by atoms with van der Waals surface area (Å²) in [5, 5.41) is 9.85. The van der Waals surface area contributed by atoms with Gasteiger partial charge in [-0.25, -0.2) is 4.57 Å². The quantitative estimate of drug-likeness (QED) is 0.0214. The van der Waals surface area contributed by atoms with Crippen LogP contribution in [0.1, 0.15) is 143 Å². The largest absolute Gasteiger partial charge is 0.469 e. The molecule has 0 bridgehead atoms. The molecule has 9 nitrogen and oxygen atoms in total. The summed E-state index contributed by atoms with van der Waals surface area (Å²) >= 11 is 0. The van der Waals surface area contributed by atoms with Crippen LogP contribution in [0.3, 0.4) is 0 Å². The molecule has 2 atom stereocenters. The molecule has 0 aliphatic carbocycles. The first-order valence-electron chi connectivity index (χ1n) is 17.9. The molecule has 272 valence electrons. The molecule has 0 heterocycles.